The molecular weight excluding hydrogens is 345 g/mol. The first-order valence-electron chi connectivity index (χ1n) is 6.00. The molecule has 0 aliphatic carbocycles. The van der Waals surface area contributed by atoms with Gasteiger partial charge in [0.1, 0.15) is 5.82 Å². The highest BCUT2D eigenvalue weighted by molar-refractivity contribution is 8.00. The molecule has 1 N–H and O–H groups in total. The maximum absolute atomic E-state index is 13.5. The zero-order chi connectivity index (χ0) is 15.4. The highest BCUT2D eigenvalue weighted by Crippen LogP contribution is 2.29. The largest absolute Gasteiger partial charge is 0.295 e. The van der Waals surface area contributed by atoms with Crippen LogP contribution < -0.4 is 5.32 Å². The van der Waals surface area contributed by atoms with E-state index in [1.807, 2.05) is 0 Å². The fraction of sp³-hybridized carbons (Fsp3) is 0.0833. The van der Waals surface area contributed by atoms with Gasteiger partial charge in [-0.25, -0.2) is 4.39 Å². The van der Waals surface area contributed by atoms with E-state index in [2.05, 4.69) is 25.1 Å². The van der Waals surface area contributed by atoms with Gasteiger partial charge in [-0.2, -0.15) is 0 Å². The molecule has 3 aromatic rings. The lowest BCUT2D eigenvalue weighted by Gasteiger charge is -1.99. The van der Waals surface area contributed by atoms with Crippen molar-refractivity contribution in [2.24, 2.45) is 0 Å². The molecule has 2 heterocycles. The number of nitrogens with zero attached hydrogens (tertiary/aromatic N) is 4. The van der Waals surface area contributed by atoms with Gasteiger partial charge in [-0.05, 0) is 23.2 Å². The number of anilines is 1. The second-order valence-corrected chi connectivity index (χ2v) is 6.81. The third-order valence-corrected chi connectivity index (χ3v) is 5.05. The van der Waals surface area contributed by atoms with E-state index in [1.165, 1.54) is 29.2 Å². The van der Waals surface area contributed by atoms with Crippen LogP contribution in [0.25, 0.3) is 0 Å². The van der Waals surface area contributed by atoms with Crippen LogP contribution in [0.4, 0.5) is 9.52 Å². The van der Waals surface area contributed by atoms with E-state index >= 15 is 0 Å². The molecule has 3 rings (SSSR count). The van der Waals surface area contributed by atoms with Crippen molar-refractivity contribution in [3.05, 3.63) is 46.7 Å². The van der Waals surface area contributed by atoms with Crippen molar-refractivity contribution in [1.82, 2.24) is 19.8 Å². The number of amides is 1. The molecule has 0 saturated heterocycles. The summed E-state index contributed by atoms with van der Waals surface area (Å²) in [6, 6.07) is 6.58. The highest BCUT2D eigenvalue weighted by atomic mass is 32.2. The Bertz CT molecular complexity index is 777. The molecule has 0 fully saturated rings. The van der Waals surface area contributed by atoms with E-state index in [9.17, 15) is 9.18 Å². The molecule has 0 radical (unpaired) electrons. The topological polar surface area (TPSA) is 80.7 Å². The molecule has 0 saturated carbocycles. The van der Waals surface area contributed by atoms with Crippen molar-refractivity contribution in [1.29, 1.82) is 0 Å². The minimum atomic E-state index is -0.379. The molecule has 0 aliphatic rings. The van der Waals surface area contributed by atoms with Crippen molar-refractivity contribution >= 4 is 45.7 Å². The number of carbonyl (C=O) groups excluding carboxylic acids is 1. The first kappa shape index (κ1) is 15.0. The van der Waals surface area contributed by atoms with Crippen molar-refractivity contribution in [2.75, 3.05) is 5.32 Å². The second-order valence-electron chi connectivity index (χ2n) is 4.00. The van der Waals surface area contributed by atoms with Gasteiger partial charge in [-0.1, -0.05) is 45.8 Å². The Morgan fingerprint density at radius 1 is 1.27 bits per heavy atom. The molecule has 2 aromatic heterocycles. The summed E-state index contributed by atoms with van der Waals surface area (Å²) in [6.07, 6.45) is 0. The van der Waals surface area contributed by atoms with E-state index in [0.717, 1.165) is 11.5 Å². The molecule has 1 amide bonds. The molecule has 0 bridgehead atoms. The summed E-state index contributed by atoms with van der Waals surface area (Å²) in [5.41, 5.74) is 0.836. The summed E-state index contributed by atoms with van der Waals surface area (Å²) in [5.74, 6) is -0.176. The first-order valence-corrected chi connectivity index (χ1v) is 8.64. The lowest BCUT2D eigenvalue weighted by atomic mass is 10.2. The number of thioether (sulfide) groups is 1. The third-order valence-electron chi connectivity index (χ3n) is 2.53. The number of aromatic nitrogens is 4. The van der Waals surface area contributed by atoms with Gasteiger partial charge in [-0.15, -0.1) is 15.3 Å². The number of halogens is 1. The quantitative estimate of drug-likeness (QED) is 0.561. The maximum atomic E-state index is 13.5. The predicted molar refractivity (Wildman–Crippen MR) is 83.7 cm³/mol. The Labute approximate surface area is 137 Å². The Morgan fingerprint density at radius 2 is 2.14 bits per heavy atom. The molecular formula is C12H8FN5OS3. The Morgan fingerprint density at radius 3 is 2.91 bits per heavy atom. The molecule has 0 aliphatic heterocycles. The number of benzene rings is 1. The molecule has 0 spiro atoms. The van der Waals surface area contributed by atoms with Gasteiger partial charge in [0.25, 0.3) is 5.91 Å². The van der Waals surface area contributed by atoms with Crippen molar-refractivity contribution in [3.8, 4) is 0 Å². The summed E-state index contributed by atoms with van der Waals surface area (Å²) < 4.78 is 17.8. The average Bonchev–Trinajstić information content (AvgIpc) is 3.18. The zero-order valence-electron chi connectivity index (χ0n) is 10.9. The first-order chi connectivity index (χ1) is 10.7. The normalized spacial score (nSPS) is 10.6. The molecule has 6 nitrogen and oxygen atoms in total. The standard InChI is InChI=1S/C12H8FN5OS3/c13-8-4-2-1-3-7(8)5-20-12-17-16-11(22-12)14-10(19)9-6-21-18-15-9/h1-4,6H,5H2,(H,14,16,19). The minimum absolute atomic E-state index is 0.237. The van der Waals surface area contributed by atoms with E-state index in [-0.39, 0.29) is 17.4 Å². The zero-order valence-corrected chi connectivity index (χ0v) is 13.3. The van der Waals surface area contributed by atoms with Crippen LogP contribution in [0.2, 0.25) is 0 Å². The summed E-state index contributed by atoms with van der Waals surface area (Å²) in [7, 11) is 0. The van der Waals surface area contributed by atoms with Crippen LogP contribution in [0.15, 0.2) is 34.0 Å². The Balaban J connectivity index is 1.60. The maximum Gasteiger partial charge on any atom is 0.278 e. The highest BCUT2D eigenvalue weighted by Gasteiger charge is 2.13. The van der Waals surface area contributed by atoms with Crippen LogP contribution >= 0.6 is 34.6 Å². The lowest BCUT2D eigenvalue weighted by molar-refractivity contribution is 0.102. The SMILES string of the molecule is O=C(Nc1nnc(SCc2ccccc2F)s1)c1csnn1. The van der Waals surface area contributed by atoms with Gasteiger partial charge in [0.05, 0.1) is 0 Å². The number of hydrogen-bond acceptors (Lipinski definition) is 8. The summed E-state index contributed by atoms with van der Waals surface area (Å²) in [4.78, 5) is 11.8. The van der Waals surface area contributed by atoms with Crippen molar-refractivity contribution in [3.63, 3.8) is 0 Å². The van der Waals surface area contributed by atoms with Gasteiger partial charge in [-0.3, -0.25) is 10.1 Å². The fourth-order valence-corrected chi connectivity index (χ4v) is 3.67. The van der Waals surface area contributed by atoms with Crippen molar-refractivity contribution in [2.45, 2.75) is 10.1 Å². The summed E-state index contributed by atoms with van der Waals surface area (Å²) in [5, 5.41) is 16.0. The molecule has 1 aromatic carbocycles. The number of hydrogen-bond donors (Lipinski definition) is 1. The van der Waals surface area contributed by atoms with Gasteiger partial charge < -0.3 is 0 Å². The van der Waals surface area contributed by atoms with Crippen LogP contribution in [-0.2, 0) is 5.75 Å². The number of carbonyl (C=O) groups is 1. The predicted octanol–water partition coefficient (Wildman–Crippen LogP) is 3.07. The van der Waals surface area contributed by atoms with Crippen LogP contribution in [0.1, 0.15) is 16.1 Å². The smallest absolute Gasteiger partial charge is 0.278 e. The Kier molecular flexibility index (Phi) is 4.71. The third kappa shape index (κ3) is 3.64. The van der Waals surface area contributed by atoms with Gasteiger partial charge in [0, 0.05) is 11.1 Å². The average molecular weight is 353 g/mol. The lowest BCUT2D eigenvalue weighted by Crippen LogP contribution is -2.12. The van der Waals surface area contributed by atoms with Gasteiger partial charge in [0.15, 0.2) is 10.0 Å². The molecule has 10 heteroatoms. The van der Waals surface area contributed by atoms with E-state index in [1.54, 1.807) is 23.6 Å². The second kappa shape index (κ2) is 6.90. The van der Waals surface area contributed by atoms with Gasteiger partial charge >= 0.3 is 0 Å². The minimum Gasteiger partial charge on any atom is -0.295 e. The van der Waals surface area contributed by atoms with Gasteiger partial charge in [0.2, 0.25) is 5.13 Å². The molecule has 0 unspecified atom stereocenters. The molecule has 22 heavy (non-hydrogen) atoms. The van der Waals surface area contributed by atoms with Crippen molar-refractivity contribution < 1.29 is 9.18 Å². The van der Waals surface area contributed by atoms with E-state index in [0.29, 0.717) is 20.8 Å². The molecule has 0 atom stereocenters. The fourth-order valence-electron chi connectivity index (χ4n) is 1.50. The molecule has 112 valence electrons. The van der Waals surface area contributed by atoms with Crippen LogP contribution in [0.3, 0.4) is 0 Å². The van der Waals surface area contributed by atoms with E-state index < -0.39 is 0 Å². The number of rotatable bonds is 5. The monoisotopic (exact) mass is 353 g/mol. The van der Waals surface area contributed by atoms with Crippen LogP contribution in [-0.4, -0.2) is 25.7 Å². The summed E-state index contributed by atoms with van der Waals surface area (Å²) in [6.45, 7) is 0. The Hall–Kier alpha value is -1.91. The number of nitrogens with one attached hydrogen (secondary N) is 1. The van der Waals surface area contributed by atoms with Crippen LogP contribution in [0.5, 0.6) is 0 Å². The van der Waals surface area contributed by atoms with Crippen LogP contribution in [0, 0.1) is 5.82 Å². The summed E-state index contributed by atoms with van der Waals surface area (Å²) >= 11 is 3.68. The van der Waals surface area contributed by atoms with E-state index in [4.69, 9.17) is 0 Å².